The zero-order valence-corrected chi connectivity index (χ0v) is 17.7. The van der Waals surface area contributed by atoms with Crippen LogP contribution < -0.4 is 15.8 Å². The number of hydrogen-bond acceptors (Lipinski definition) is 5. The van der Waals surface area contributed by atoms with Crippen molar-refractivity contribution in [1.82, 2.24) is 9.97 Å². The summed E-state index contributed by atoms with van der Waals surface area (Å²) in [4.78, 5) is 21.8. The Labute approximate surface area is 179 Å². The fourth-order valence-corrected chi connectivity index (χ4v) is 3.68. The van der Waals surface area contributed by atoms with Crippen LogP contribution in [0.5, 0.6) is 0 Å². The molecule has 1 aromatic heterocycles. The summed E-state index contributed by atoms with van der Waals surface area (Å²) in [6.07, 6.45) is 0.635. The summed E-state index contributed by atoms with van der Waals surface area (Å²) in [5.74, 6) is 0.919. The van der Waals surface area contributed by atoms with E-state index in [0.29, 0.717) is 30.4 Å². The van der Waals surface area contributed by atoms with Gasteiger partial charge in [-0.05, 0) is 37.1 Å². The Kier molecular flexibility index (Phi) is 7.02. The topological polar surface area (TPSA) is 84.9 Å². The van der Waals surface area contributed by atoms with Gasteiger partial charge in [-0.2, -0.15) is 13.2 Å². The number of halogens is 3. The quantitative estimate of drug-likeness (QED) is 0.496. The highest BCUT2D eigenvalue weighted by Crippen LogP contribution is 2.34. The predicted octanol–water partition coefficient (Wildman–Crippen LogP) is 4.77. The van der Waals surface area contributed by atoms with Crippen molar-refractivity contribution in [2.75, 3.05) is 23.3 Å². The number of nitrogens with one attached hydrogen (secondary N) is 3. The van der Waals surface area contributed by atoms with Gasteiger partial charge in [0.2, 0.25) is 0 Å². The SMILES string of the molecule is CCCCC(CC)Nc1nc(C2CN(c3ccc(C(F)(F)F)cc3)C2)[nH]c(=O)c1C=N. The number of nitrogens with zero attached hydrogens (tertiary/aromatic N) is 2. The number of unbranched alkanes of at least 4 members (excludes halogenated alkanes) is 1. The van der Waals surface area contributed by atoms with Gasteiger partial charge in [-0.1, -0.05) is 26.7 Å². The first kappa shape index (κ1) is 22.8. The zero-order chi connectivity index (χ0) is 22.6. The van der Waals surface area contributed by atoms with Crippen molar-refractivity contribution < 1.29 is 13.2 Å². The minimum atomic E-state index is -4.35. The maximum absolute atomic E-state index is 12.7. The number of aromatic amines is 1. The molecule has 0 spiro atoms. The lowest BCUT2D eigenvalue weighted by Gasteiger charge is -2.40. The van der Waals surface area contributed by atoms with E-state index in [1.165, 1.54) is 12.1 Å². The van der Waals surface area contributed by atoms with Crippen LogP contribution >= 0.6 is 0 Å². The number of H-pyrrole nitrogens is 1. The Hall–Kier alpha value is -2.84. The summed E-state index contributed by atoms with van der Waals surface area (Å²) in [5, 5.41) is 10.9. The zero-order valence-electron chi connectivity index (χ0n) is 17.7. The summed E-state index contributed by atoms with van der Waals surface area (Å²) in [5.41, 5.74) is -0.129. The van der Waals surface area contributed by atoms with Crippen molar-refractivity contribution in [2.24, 2.45) is 0 Å². The molecule has 0 bridgehead atoms. The number of benzene rings is 1. The highest BCUT2D eigenvalue weighted by molar-refractivity contribution is 5.83. The van der Waals surface area contributed by atoms with Crippen LogP contribution in [0.15, 0.2) is 29.1 Å². The van der Waals surface area contributed by atoms with Crippen LogP contribution in [0.3, 0.4) is 0 Å². The molecule has 1 unspecified atom stereocenters. The second-order valence-electron chi connectivity index (χ2n) is 7.90. The highest BCUT2D eigenvalue weighted by Gasteiger charge is 2.33. The molecular formula is C22H28F3N5O. The van der Waals surface area contributed by atoms with Gasteiger partial charge in [0.1, 0.15) is 11.6 Å². The molecule has 1 aliphatic rings. The van der Waals surface area contributed by atoms with Crippen LogP contribution in [0.4, 0.5) is 24.7 Å². The van der Waals surface area contributed by atoms with Crippen molar-refractivity contribution in [3.8, 4) is 0 Å². The van der Waals surface area contributed by atoms with Gasteiger partial charge in [-0.15, -0.1) is 0 Å². The molecule has 1 saturated heterocycles. The van der Waals surface area contributed by atoms with Crippen molar-refractivity contribution in [3.63, 3.8) is 0 Å². The standard InChI is InChI=1S/C22H28F3N5O/c1-3-5-6-16(4-2)27-20-18(11-26)21(31)29-19(28-20)14-12-30(13-14)17-9-7-15(8-10-17)22(23,24)25/h7-11,14,16,26H,3-6,12-13H2,1-2H3,(H2,27,28,29,31). The Bertz CT molecular complexity index is 949. The maximum atomic E-state index is 12.7. The van der Waals surface area contributed by atoms with Crippen LogP contribution in [0.25, 0.3) is 0 Å². The summed E-state index contributed by atoms with van der Waals surface area (Å²) in [7, 11) is 0. The maximum Gasteiger partial charge on any atom is 0.416 e. The smallest absolute Gasteiger partial charge is 0.370 e. The minimum Gasteiger partial charge on any atom is -0.370 e. The lowest BCUT2D eigenvalue weighted by atomic mass is 9.97. The van der Waals surface area contributed by atoms with Crippen molar-refractivity contribution in [1.29, 1.82) is 5.41 Å². The summed E-state index contributed by atoms with van der Waals surface area (Å²) in [6.45, 7) is 5.28. The van der Waals surface area contributed by atoms with E-state index in [-0.39, 0.29) is 23.1 Å². The third kappa shape index (κ3) is 5.26. The molecule has 3 N–H and O–H groups in total. The Morgan fingerprint density at radius 2 is 1.97 bits per heavy atom. The van der Waals surface area contributed by atoms with E-state index in [0.717, 1.165) is 44.0 Å². The molecule has 2 heterocycles. The average molecular weight is 435 g/mol. The second kappa shape index (κ2) is 9.53. The average Bonchev–Trinajstić information content (AvgIpc) is 2.69. The molecule has 0 aliphatic carbocycles. The van der Waals surface area contributed by atoms with E-state index in [1.54, 1.807) is 0 Å². The molecule has 6 nitrogen and oxygen atoms in total. The van der Waals surface area contributed by atoms with Crippen LogP contribution in [0, 0.1) is 5.41 Å². The van der Waals surface area contributed by atoms with Gasteiger partial charge in [0.15, 0.2) is 0 Å². The van der Waals surface area contributed by atoms with Crippen molar-refractivity contribution in [3.05, 3.63) is 51.6 Å². The van der Waals surface area contributed by atoms with Gasteiger partial charge < -0.3 is 20.6 Å². The third-order valence-electron chi connectivity index (χ3n) is 5.69. The molecule has 9 heteroatoms. The van der Waals surface area contributed by atoms with Gasteiger partial charge in [-0.25, -0.2) is 4.98 Å². The summed E-state index contributed by atoms with van der Waals surface area (Å²) in [6, 6.07) is 5.24. The van der Waals surface area contributed by atoms with Gasteiger partial charge in [-0.3, -0.25) is 4.79 Å². The van der Waals surface area contributed by atoms with Crippen LogP contribution in [0.1, 0.15) is 62.4 Å². The van der Waals surface area contributed by atoms with Gasteiger partial charge in [0.25, 0.3) is 5.56 Å². The Morgan fingerprint density at radius 3 is 2.52 bits per heavy atom. The van der Waals surface area contributed by atoms with E-state index in [9.17, 15) is 18.0 Å². The third-order valence-corrected chi connectivity index (χ3v) is 5.69. The van der Waals surface area contributed by atoms with Crippen molar-refractivity contribution in [2.45, 2.75) is 57.7 Å². The van der Waals surface area contributed by atoms with E-state index >= 15 is 0 Å². The number of rotatable bonds is 9. The first-order valence-electron chi connectivity index (χ1n) is 10.6. The monoisotopic (exact) mass is 435 g/mol. The molecule has 0 radical (unpaired) electrons. The van der Waals surface area contributed by atoms with Crippen LogP contribution in [-0.4, -0.2) is 35.3 Å². The molecule has 0 amide bonds. The van der Waals surface area contributed by atoms with E-state index in [1.807, 2.05) is 4.90 Å². The van der Waals surface area contributed by atoms with Crippen LogP contribution in [-0.2, 0) is 6.18 Å². The van der Waals surface area contributed by atoms with Gasteiger partial charge >= 0.3 is 6.18 Å². The molecule has 1 aliphatic heterocycles. The number of aromatic nitrogens is 2. The number of alkyl halides is 3. The second-order valence-corrected chi connectivity index (χ2v) is 7.90. The fourth-order valence-electron chi connectivity index (χ4n) is 3.68. The summed E-state index contributed by atoms with van der Waals surface area (Å²) >= 11 is 0. The molecule has 1 atom stereocenters. The lowest BCUT2D eigenvalue weighted by Crippen LogP contribution is -2.46. The lowest BCUT2D eigenvalue weighted by molar-refractivity contribution is -0.137. The Morgan fingerprint density at radius 1 is 1.29 bits per heavy atom. The fraction of sp³-hybridized carbons (Fsp3) is 0.500. The molecule has 2 aromatic rings. The normalized spacial score (nSPS) is 15.5. The first-order chi connectivity index (χ1) is 14.8. The molecule has 168 valence electrons. The number of anilines is 2. The van der Waals surface area contributed by atoms with Crippen LogP contribution in [0.2, 0.25) is 0 Å². The summed E-state index contributed by atoms with van der Waals surface area (Å²) < 4.78 is 38.2. The van der Waals surface area contributed by atoms with Gasteiger partial charge in [0.05, 0.1) is 17.0 Å². The van der Waals surface area contributed by atoms with E-state index < -0.39 is 11.7 Å². The highest BCUT2D eigenvalue weighted by atomic mass is 19.4. The van der Waals surface area contributed by atoms with E-state index in [4.69, 9.17) is 5.41 Å². The molecule has 0 saturated carbocycles. The molecule has 1 fully saturated rings. The molecule has 1 aromatic carbocycles. The molecule has 31 heavy (non-hydrogen) atoms. The van der Waals surface area contributed by atoms with E-state index in [2.05, 4.69) is 29.1 Å². The number of hydrogen-bond donors (Lipinski definition) is 3. The van der Waals surface area contributed by atoms with Crippen molar-refractivity contribution >= 4 is 17.7 Å². The first-order valence-corrected chi connectivity index (χ1v) is 10.6. The Balaban J connectivity index is 1.73. The molecule has 3 rings (SSSR count). The predicted molar refractivity (Wildman–Crippen MR) is 116 cm³/mol. The van der Waals surface area contributed by atoms with Gasteiger partial charge in [0, 0.05) is 31.0 Å². The molecular weight excluding hydrogens is 407 g/mol. The minimum absolute atomic E-state index is 0.0361. The largest absolute Gasteiger partial charge is 0.416 e.